The summed E-state index contributed by atoms with van der Waals surface area (Å²) in [6, 6.07) is 12.4. The number of fused-ring (bicyclic) bond motifs is 3. The zero-order valence-electron chi connectivity index (χ0n) is 17.3. The average Bonchev–Trinajstić information content (AvgIpc) is 2.90. The molecule has 6 nitrogen and oxygen atoms in total. The molecule has 0 spiro atoms. The van der Waals surface area contributed by atoms with Crippen LogP contribution in [-0.4, -0.2) is 52.8 Å². The van der Waals surface area contributed by atoms with E-state index in [0.717, 1.165) is 16.9 Å². The maximum Gasteiger partial charge on any atom is 0.407 e. The molecule has 0 saturated carbocycles. The summed E-state index contributed by atoms with van der Waals surface area (Å²) in [4.78, 5) is 15.8. The van der Waals surface area contributed by atoms with Gasteiger partial charge >= 0.3 is 6.09 Å². The van der Waals surface area contributed by atoms with Crippen LogP contribution in [0.2, 0.25) is 0 Å². The van der Waals surface area contributed by atoms with Gasteiger partial charge in [-0.25, -0.2) is 4.79 Å². The molecule has 2 aromatic carbocycles. The molecule has 1 amide bonds. The summed E-state index contributed by atoms with van der Waals surface area (Å²) in [6.45, 7) is 3.77. The Morgan fingerprint density at radius 2 is 2.10 bits per heavy atom. The third-order valence-corrected chi connectivity index (χ3v) is 8.32. The molecule has 1 saturated heterocycles. The van der Waals surface area contributed by atoms with Crippen LogP contribution in [-0.2, 0) is 22.1 Å². The van der Waals surface area contributed by atoms with Crippen molar-refractivity contribution in [2.75, 3.05) is 37.4 Å². The number of methoxy groups -OCH3 is 1. The van der Waals surface area contributed by atoms with E-state index >= 15 is 0 Å². The highest BCUT2D eigenvalue weighted by Gasteiger charge is 2.56. The Bertz CT molecular complexity index is 1060. The lowest BCUT2D eigenvalue weighted by atomic mass is 9.70. The molecule has 5 rings (SSSR count). The van der Waals surface area contributed by atoms with Crippen molar-refractivity contribution in [2.45, 2.75) is 30.6 Å². The van der Waals surface area contributed by atoms with Gasteiger partial charge in [0.2, 0.25) is 0 Å². The molecule has 0 bridgehead atoms. The first-order valence-electron chi connectivity index (χ1n) is 10.3. The van der Waals surface area contributed by atoms with E-state index in [1.165, 1.54) is 16.8 Å². The smallest absolute Gasteiger partial charge is 0.407 e. The summed E-state index contributed by atoms with van der Waals surface area (Å²) < 4.78 is 18.0. The first kappa shape index (κ1) is 19.4. The Labute approximate surface area is 178 Å². The third-order valence-electron chi connectivity index (χ3n) is 7.05. The van der Waals surface area contributed by atoms with Crippen molar-refractivity contribution in [1.29, 1.82) is 0 Å². The number of hydrogen-bond acceptors (Lipinski definition) is 4. The Balaban J connectivity index is 1.74. The van der Waals surface area contributed by atoms with Crippen LogP contribution in [0.5, 0.6) is 5.75 Å². The molecule has 1 fully saturated rings. The molecule has 3 atom stereocenters. The largest absolute Gasteiger partial charge is 0.497 e. The Morgan fingerprint density at radius 1 is 1.27 bits per heavy atom. The minimum Gasteiger partial charge on any atom is -0.497 e. The van der Waals surface area contributed by atoms with Gasteiger partial charge in [-0.2, -0.15) is 0 Å². The summed E-state index contributed by atoms with van der Waals surface area (Å²) in [5.41, 5.74) is 5.50. The highest BCUT2D eigenvalue weighted by molar-refractivity contribution is 7.84. The number of benzene rings is 2. The number of rotatable bonds is 2. The Kier molecular flexibility index (Phi) is 4.54. The second-order valence-corrected chi connectivity index (χ2v) is 10.0. The fraction of sp³-hybridized carbons (Fsp3) is 0.435. The van der Waals surface area contributed by atoms with Crippen molar-refractivity contribution in [3.05, 3.63) is 58.7 Å². The van der Waals surface area contributed by atoms with Gasteiger partial charge in [-0.1, -0.05) is 24.3 Å². The number of para-hydroxylation sites is 1. The summed E-state index contributed by atoms with van der Waals surface area (Å²) in [7, 11) is 0.778. The lowest BCUT2D eigenvalue weighted by Crippen LogP contribution is -2.56. The van der Waals surface area contributed by atoms with Crippen molar-refractivity contribution in [3.63, 3.8) is 0 Å². The number of amides is 1. The van der Waals surface area contributed by atoms with E-state index < -0.39 is 16.9 Å². The molecule has 0 aliphatic carbocycles. The zero-order chi connectivity index (χ0) is 21.0. The van der Waals surface area contributed by atoms with E-state index in [1.807, 2.05) is 12.1 Å². The number of likely N-dealkylation sites (tertiary alicyclic amines) is 1. The number of piperidine rings is 1. The molecular weight excluding hydrogens is 400 g/mol. The van der Waals surface area contributed by atoms with E-state index in [1.54, 1.807) is 12.0 Å². The number of anilines is 1. The van der Waals surface area contributed by atoms with Crippen LogP contribution < -0.4 is 9.64 Å². The average molecular weight is 427 g/mol. The molecule has 2 aromatic rings. The summed E-state index contributed by atoms with van der Waals surface area (Å²) in [6.07, 6.45) is -0.155. The lowest BCUT2D eigenvalue weighted by Gasteiger charge is -2.50. The number of hydrogen-bond donors (Lipinski definition) is 1. The minimum absolute atomic E-state index is 0.0379. The number of aryl methyl sites for hydroxylation is 1. The summed E-state index contributed by atoms with van der Waals surface area (Å²) in [5, 5.41) is 9.71. The second kappa shape index (κ2) is 7.01. The third kappa shape index (κ3) is 2.68. The quantitative estimate of drug-likeness (QED) is 0.797. The standard InChI is InChI=1S/C23H26N2O4S/c1-15-12-17(29-2)6-7-19(15)23-8-9-24(22(26)27)13-20(23)18-5-3-4-16-14-30(28)11-10-25(23)21(16)18/h3-7,12,20H,8-11,13-14H2,1-2H3,(H,26,27)/t20-,23+,30?/m0/s1. The van der Waals surface area contributed by atoms with Gasteiger partial charge in [-0.15, -0.1) is 0 Å². The van der Waals surface area contributed by atoms with E-state index in [-0.39, 0.29) is 11.5 Å². The normalized spacial score (nSPS) is 27.3. The monoisotopic (exact) mass is 426 g/mol. The van der Waals surface area contributed by atoms with E-state index in [2.05, 4.69) is 36.1 Å². The Hall–Kier alpha value is -2.54. The molecular formula is C23H26N2O4S. The highest BCUT2D eigenvalue weighted by atomic mass is 32.2. The van der Waals surface area contributed by atoms with Crippen molar-refractivity contribution in [2.24, 2.45) is 0 Å². The van der Waals surface area contributed by atoms with Gasteiger partial charge in [-0.3, -0.25) is 4.21 Å². The molecule has 3 aliphatic heterocycles. The van der Waals surface area contributed by atoms with E-state index in [9.17, 15) is 14.1 Å². The van der Waals surface area contributed by atoms with Gasteiger partial charge in [0.1, 0.15) is 5.75 Å². The molecule has 7 heteroatoms. The van der Waals surface area contributed by atoms with Crippen molar-refractivity contribution in [1.82, 2.24) is 4.90 Å². The minimum atomic E-state index is -0.892. The van der Waals surface area contributed by atoms with Gasteiger partial charge < -0.3 is 19.6 Å². The molecule has 0 radical (unpaired) electrons. The topological polar surface area (TPSA) is 70.1 Å². The van der Waals surface area contributed by atoms with Gasteiger partial charge in [-0.05, 0) is 47.7 Å². The van der Waals surface area contributed by atoms with Crippen LogP contribution in [0.25, 0.3) is 0 Å². The van der Waals surface area contributed by atoms with Crippen LogP contribution >= 0.6 is 0 Å². The SMILES string of the molecule is COc1ccc([C@]23CCN(C(=O)O)C[C@H]2c2cccc4c2N3CCS(=O)C4)c(C)c1. The molecule has 3 aliphatic rings. The van der Waals surface area contributed by atoms with E-state index in [4.69, 9.17) is 4.74 Å². The van der Waals surface area contributed by atoms with Crippen LogP contribution in [0.3, 0.4) is 0 Å². The zero-order valence-corrected chi connectivity index (χ0v) is 18.1. The fourth-order valence-electron chi connectivity index (χ4n) is 5.80. The van der Waals surface area contributed by atoms with Gasteiger partial charge in [0.25, 0.3) is 0 Å². The summed E-state index contributed by atoms with van der Waals surface area (Å²) in [5.74, 6) is 2.05. The number of nitrogens with zero attached hydrogens (tertiary/aromatic N) is 2. The fourth-order valence-corrected chi connectivity index (χ4v) is 6.91. The van der Waals surface area contributed by atoms with E-state index in [0.29, 0.717) is 37.6 Å². The highest BCUT2D eigenvalue weighted by Crippen LogP contribution is 2.59. The van der Waals surface area contributed by atoms with Gasteiger partial charge in [0.15, 0.2) is 0 Å². The maximum atomic E-state index is 12.6. The van der Waals surface area contributed by atoms with Crippen molar-refractivity contribution < 1.29 is 18.8 Å². The number of carbonyl (C=O) groups is 1. The molecule has 158 valence electrons. The predicted octanol–water partition coefficient (Wildman–Crippen LogP) is 3.45. The maximum absolute atomic E-state index is 12.6. The predicted molar refractivity (Wildman–Crippen MR) is 117 cm³/mol. The van der Waals surface area contributed by atoms with Gasteiger partial charge in [0, 0.05) is 47.8 Å². The molecule has 30 heavy (non-hydrogen) atoms. The molecule has 0 aromatic heterocycles. The summed E-state index contributed by atoms with van der Waals surface area (Å²) >= 11 is 0. The molecule has 3 heterocycles. The Morgan fingerprint density at radius 3 is 2.83 bits per heavy atom. The van der Waals surface area contributed by atoms with Gasteiger partial charge in [0.05, 0.1) is 18.4 Å². The van der Waals surface area contributed by atoms with Crippen LogP contribution in [0.1, 0.15) is 34.6 Å². The first-order valence-corrected chi connectivity index (χ1v) is 11.8. The number of carboxylic acid groups (broad SMARTS) is 1. The van der Waals surface area contributed by atoms with Crippen molar-refractivity contribution >= 4 is 22.6 Å². The van der Waals surface area contributed by atoms with Crippen molar-refractivity contribution in [3.8, 4) is 5.75 Å². The number of ether oxygens (including phenoxy) is 1. The molecule has 1 unspecified atom stereocenters. The van der Waals surface area contributed by atoms with Crippen LogP contribution in [0.4, 0.5) is 10.5 Å². The lowest BCUT2D eigenvalue weighted by molar-refractivity contribution is 0.107. The first-order chi connectivity index (χ1) is 14.5. The van der Waals surface area contributed by atoms with Crippen LogP contribution in [0.15, 0.2) is 36.4 Å². The van der Waals surface area contributed by atoms with Crippen LogP contribution in [0, 0.1) is 6.92 Å². The molecule has 1 N–H and O–H groups in total. The second-order valence-electron chi connectivity index (χ2n) is 8.43.